The van der Waals surface area contributed by atoms with Gasteiger partial charge in [-0.05, 0) is 49.9 Å². The molecule has 1 aromatic rings. The quantitative estimate of drug-likeness (QED) is 0.755. The number of rotatable bonds is 8. The lowest BCUT2D eigenvalue weighted by Crippen LogP contribution is -2.50. The summed E-state index contributed by atoms with van der Waals surface area (Å²) in [5.74, 6) is 0.312. The number of hydrogen-bond acceptors (Lipinski definition) is 4. The van der Waals surface area contributed by atoms with E-state index in [9.17, 15) is 9.59 Å². The predicted octanol–water partition coefficient (Wildman–Crippen LogP) is 2.97. The number of carbonyl (C=O) groups is 2. The third-order valence-corrected chi connectivity index (χ3v) is 5.22. The minimum absolute atomic E-state index is 0.00955. The minimum Gasteiger partial charge on any atom is -0.481 e. The van der Waals surface area contributed by atoms with Gasteiger partial charge in [0, 0.05) is 19.1 Å². The zero-order valence-corrected chi connectivity index (χ0v) is 16.9. The zero-order valence-electron chi connectivity index (χ0n) is 16.9. The lowest BCUT2D eigenvalue weighted by Gasteiger charge is -2.38. The molecule has 1 aliphatic heterocycles. The molecule has 0 saturated carbocycles. The van der Waals surface area contributed by atoms with Crippen LogP contribution in [0.5, 0.6) is 5.75 Å². The summed E-state index contributed by atoms with van der Waals surface area (Å²) < 4.78 is 5.89. The monoisotopic (exact) mass is 376 g/mol. The second kappa shape index (κ2) is 9.74. The predicted molar refractivity (Wildman–Crippen MR) is 105 cm³/mol. The maximum atomic E-state index is 12.7. The van der Waals surface area contributed by atoms with Gasteiger partial charge in [0.05, 0.1) is 6.54 Å². The van der Waals surface area contributed by atoms with Crippen LogP contribution in [0, 0.1) is 0 Å². The highest BCUT2D eigenvalue weighted by Gasteiger charge is 2.29. The van der Waals surface area contributed by atoms with Crippen LogP contribution in [-0.4, -0.2) is 65.1 Å². The van der Waals surface area contributed by atoms with Gasteiger partial charge in [-0.15, -0.1) is 0 Å². The average Bonchev–Trinajstić information content (AvgIpc) is 2.65. The van der Waals surface area contributed by atoms with Gasteiger partial charge < -0.3 is 14.7 Å². The molecule has 0 spiro atoms. The van der Waals surface area contributed by atoms with E-state index in [-0.39, 0.29) is 18.5 Å². The molecular weight excluding hydrogens is 344 g/mol. The minimum atomic E-state index is -0.805. The van der Waals surface area contributed by atoms with E-state index in [1.54, 1.807) is 6.92 Å². The number of likely N-dealkylation sites (N-methyl/N-ethyl adjacent to an activating group) is 1. The molecule has 1 amide bonds. The molecule has 150 valence electrons. The van der Waals surface area contributed by atoms with Gasteiger partial charge in [0.2, 0.25) is 0 Å². The van der Waals surface area contributed by atoms with Crippen molar-refractivity contribution in [3.63, 3.8) is 0 Å². The molecule has 6 heteroatoms. The molecule has 0 radical (unpaired) electrons. The first kappa shape index (κ1) is 21.2. The van der Waals surface area contributed by atoms with Gasteiger partial charge in [0.25, 0.3) is 5.91 Å². The fourth-order valence-electron chi connectivity index (χ4n) is 3.58. The molecule has 0 aromatic heterocycles. The molecule has 1 atom stereocenters. The number of amides is 1. The summed E-state index contributed by atoms with van der Waals surface area (Å²) >= 11 is 0. The second-order valence-corrected chi connectivity index (χ2v) is 7.50. The number of aliphatic carboxylic acids is 1. The van der Waals surface area contributed by atoms with Gasteiger partial charge in [-0.1, -0.05) is 32.9 Å². The summed E-state index contributed by atoms with van der Waals surface area (Å²) in [5.41, 5.74) is 1.19. The van der Waals surface area contributed by atoms with Crippen molar-refractivity contribution in [2.45, 2.75) is 58.6 Å². The van der Waals surface area contributed by atoms with Crippen molar-refractivity contribution >= 4 is 11.9 Å². The number of ether oxygens (including phenoxy) is 1. The Kier molecular flexibility index (Phi) is 7.66. The third kappa shape index (κ3) is 5.96. The maximum Gasteiger partial charge on any atom is 0.317 e. The normalized spacial score (nSPS) is 16.6. The van der Waals surface area contributed by atoms with E-state index in [0.29, 0.717) is 25.6 Å². The molecule has 0 bridgehead atoms. The Morgan fingerprint density at radius 1 is 1.26 bits per heavy atom. The van der Waals surface area contributed by atoms with Crippen molar-refractivity contribution in [3.05, 3.63) is 29.8 Å². The third-order valence-electron chi connectivity index (χ3n) is 5.22. The lowest BCUT2D eigenvalue weighted by atomic mass is 10.0. The van der Waals surface area contributed by atoms with Crippen LogP contribution in [0.25, 0.3) is 0 Å². The van der Waals surface area contributed by atoms with Crippen molar-refractivity contribution in [1.29, 1.82) is 0 Å². The maximum absolute atomic E-state index is 12.7. The molecule has 1 saturated heterocycles. The van der Waals surface area contributed by atoms with Crippen LogP contribution < -0.4 is 4.74 Å². The summed E-state index contributed by atoms with van der Waals surface area (Å²) in [6.45, 7) is 10.1. The number of carbonyl (C=O) groups excluding carboxylic acids is 1. The number of piperidine rings is 1. The van der Waals surface area contributed by atoms with Crippen molar-refractivity contribution < 1.29 is 19.4 Å². The number of nitrogens with zero attached hydrogens (tertiary/aromatic N) is 2. The Morgan fingerprint density at radius 3 is 2.48 bits per heavy atom. The van der Waals surface area contributed by atoms with Gasteiger partial charge in [0.15, 0.2) is 6.10 Å². The van der Waals surface area contributed by atoms with Crippen molar-refractivity contribution in [1.82, 2.24) is 9.80 Å². The fourth-order valence-corrected chi connectivity index (χ4v) is 3.58. The molecule has 1 fully saturated rings. The fraction of sp³-hybridized carbons (Fsp3) is 0.619. The van der Waals surface area contributed by atoms with Gasteiger partial charge in [-0.3, -0.25) is 14.5 Å². The van der Waals surface area contributed by atoms with Crippen molar-refractivity contribution in [2.75, 3.05) is 26.2 Å². The van der Waals surface area contributed by atoms with Gasteiger partial charge in [0.1, 0.15) is 5.75 Å². The molecule has 1 N–H and O–H groups in total. The highest BCUT2D eigenvalue weighted by molar-refractivity contribution is 5.81. The van der Waals surface area contributed by atoms with Crippen molar-refractivity contribution in [3.8, 4) is 5.75 Å². The second-order valence-electron chi connectivity index (χ2n) is 7.50. The summed E-state index contributed by atoms with van der Waals surface area (Å²) in [5, 5.41) is 9.03. The zero-order chi connectivity index (χ0) is 20.0. The molecule has 1 aromatic carbocycles. The summed E-state index contributed by atoms with van der Waals surface area (Å²) in [7, 11) is 0. The number of benzene rings is 1. The molecule has 6 nitrogen and oxygen atoms in total. The summed E-state index contributed by atoms with van der Waals surface area (Å²) in [6, 6.07) is 8.10. The average molecular weight is 376 g/mol. The molecule has 1 heterocycles. The van der Waals surface area contributed by atoms with Gasteiger partial charge in [-0.25, -0.2) is 0 Å². The lowest BCUT2D eigenvalue weighted by molar-refractivity contribution is -0.142. The van der Waals surface area contributed by atoms with E-state index in [1.165, 1.54) is 5.56 Å². The van der Waals surface area contributed by atoms with E-state index in [4.69, 9.17) is 9.84 Å². The molecule has 1 aliphatic rings. The Bertz CT molecular complexity index is 639. The first-order valence-electron chi connectivity index (χ1n) is 9.83. The highest BCUT2D eigenvalue weighted by Crippen LogP contribution is 2.22. The number of carboxylic acids is 1. The van der Waals surface area contributed by atoms with Crippen LogP contribution in [0.3, 0.4) is 0 Å². The molecule has 2 rings (SSSR count). The van der Waals surface area contributed by atoms with E-state index in [1.807, 2.05) is 34.9 Å². The largest absolute Gasteiger partial charge is 0.481 e. The van der Waals surface area contributed by atoms with Crippen LogP contribution in [-0.2, 0) is 9.59 Å². The number of hydrogen-bond donors (Lipinski definition) is 1. The van der Waals surface area contributed by atoms with E-state index < -0.39 is 12.1 Å². The van der Waals surface area contributed by atoms with Crippen LogP contribution >= 0.6 is 0 Å². The van der Waals surface area contributed by atoms with Crippen LogP contribution in [0.15, 0.2) is 24.3 Å². The Morgan fingerprint density at radius 2 is 1.93 bits per heavy atom. The van der Waals surface area contributed by atoms with Crippen LogP contribution in [0.1, 0.15) is 52.0 Å². The SMILES string of the molecule is CCN(CC(=O)O)C1CCN(C(=O)C(C)Oc2cccc(C(C)C)c2)CC1. The van der Waals surface area contributed by atoms with E-state index >= 15 is 0 Å². The van der Waals surface area contributed by atoms with Gasteiger partial charge >= 0.3 is 5.97 Å². The Labute approximate surface area is 162 Å². The number of carboxylic acid groups (broad SMARTS) is 1. The molecule has 1 unspecified atom stereocenters. The smallest absolute Gasteiger partial charge is 0.317 e. The Hall–Kier alpha value is -2.08. The van der Waals surface area contributed by atoms with Crippen LogP contribution in [0.4, 0.5) is 0 Å². The topological polar surface area (TPSA) is 70.1 Å². The van der Waals surface area contributed by atoms with Crippen molar-refractivity contribution in [2.24, 2.45) is 0 Å². The van der Waals surface area contributed by atoms with E-state index in [2.05, 4.69) is 19.9 Å². The molecule has 27 heavy (non-hydrogen) atoms. The van der Waals surface area contributed by atoms with E-state index in [0.717, 1.165) is 18.6 Å². The van der Waals surface area contributed by atoms with Crippen LogP contribution in [0.2, 0.25) is 0 Å². The summed E-state index contributed by atoms with van der Waals surface area (Å²) in [6.07, 6.45) is 1.05. The van der Waals surface area contributed by atoms with Gasteiger partial charge in [-0.2, -0.15) is 0 Å². The molecular formula is C21H32N2O4. The standard InChI is InChI=1S/C21H32N2O4/c1-5-22(14-20(24)25)18-9-11-23(12-10-18)21(26)16(4)27-19-8-6-7-17(13-19)15(2)3/h6-8,13,15-16,18H,5,9-12,14H2,1-4H3,(H,24,25). The number of likely N-dealkylation sites (tertiary alicyclic amines) is 1. The Balaban J connectivity index is 1.89. The first-order chi connectivity index (χ1) is 12.8. The molecule has 0 aliphatic carbocycles. The first-order valence-corrected chi connectivity index (χ1v) is 9.83. The summed E-state index contributed by atoms with van der Waals surface area (Å²) in [4.78, 5) is 27.5. The highest BCUT2D eigenvalue weighted by atomic mass is 16.5.